The highest BCUT2D eigenvalue weighted by molar-refractivity contribution is 5.87. The van der Waals surface area contributed by atoms with Gasteiger partial charge in [-0.1, -0.05) is 19.8 Å². The molecule has 128 valence electrons. The molecular formula is C17H26N2O4. The van der Waals surface area contributed by atoms with Crippen LogP contribution < -0.4 is 10.6 Å². The fourth-order valence-electron chi connectivity index (χ4n) is 3.56. The summed E-state index contributed by atoms with van der Waals surface area (Å²) in [5.74, 6) is -0.268. The highest BCUT2D eigenvalue weighted by Gasteiger charge is 2.52. The topological polar surface area (TPSA) is 84.5 Å². The summed E-state index contributed by atoms with van der Waals surface area (Å²) in [6, 6.07) is -0.737. The molecule has 0 aromatic carbocycles. The number of hydrogen-bond acceptors (Lipinski definition) is 4. The largest absolute Gasteiger partial charge is 0.467 e. The predicted molar refractivity (Wildman–Crippen MR) is 83.3 cm³/mol. The summed E-state index contributed by atoms with van der Waals surface area (Å²) in [5.41, 5.74) is -0.0221. The van der Waals surface area contributed by atoms with Gasteiger partial charge in [0.05, 0.1) is 7.11 Å². The molecule has 6 heteroatoms. The van der Waals surface area contributed by atoms with Crippen LogP contribution >= 0.6 is 0 Å². The first-order valence-electron chi connectivity index (χ1n) is 8.63. The van der Waals surface area contributed by atoms with Gasteiger partial charge >= 0.3 is 5.97 Å². The lowest BCUT2D eigenvalue weighted by molar-refractivity contribution is -0.146. The Morgan fingerprint density at radius 1 is 1.35 bits per heavy atom. The zero-order valence-electron chi connectivity index (χ0n) is 13.9. The molecule has 1 unspecified atom stereocenters. The van der Waals surface area contributed by atoms with Crippen molar-refractivity contribution < 1.29 is 19.1 Å². The average molecular weight is 322 g/mol. The highest BCUT2D eigenvalue weighted by Crippen LogP contribution is 2.46. The van der Waals surface area contributed by atoms with Crippen LogP contribution in [0.25, 0.3) is 0 Å². The van der Waals surface area contributed by atoms with Crippen LogP contribution in [0.1, 0.15) is 51.9 Å². The van der Waals surface area contributed by atoms with Crippen LogP contribution in [-0.2, 0) is 19.1 Å². The van der Waals surface area contributed by atoms with E-state index in [0.29, 0.717) is 12.3 Å². The van der Waals surface area contributed by atoms with E-state index in [4.69, 9.17) is 4.74 Å². The van der Waals surface area contributed by atoms with E-state index in [1.165, 1.54) is 20.0 Å². The molecule has 1 spiro atoms. The molecule has 6 nitrogen and oxygen atoms in total. The molecule has 0 aromatic rings. The molecule has 2 N–H and O–H groups in total. The number of hydrogen-bond donors (Lipinski definition) is 2. The minimum absolute atomic E-state index is 0.00307. The molecule has 3 aliphatic rings. The van der Waals surface area contributed by atoms with E-state index in [1.807, 2.05) is 6.92 Å². The third kappa shape index (κ3) is 3.85. The number of amides is 2. The van der Waals surface area contributed by atoms with Gasteiger partial charge in [0.15, 0.2) is 0 Å². The third-order valence-electron chi connectivity index (χ3n) is 5.40. The highest BCUT2D eigenvalue weighted by atomic mass is 16.5. The van der Waals surface area contributed by atoms with Gasteiger partial charge in [-0.05, 0) is 38.0 Å². The molecule has 0 radical (unpaired) electrons. The van der Waals surface area contributed by atoms with E-state index < -0.39 is 12.0 Å². The molecule has 23 heavy (non-hydrogen) atoms. The summed E-state index contributed by atoms with van der Waals surface area (Å²) in [6.45, 7) is 1.89. The summed E-state index contributed by atoms with van der Waals surface area (Å²) in [7, 11) is 1.31. The zero-order valence-corrected chi connectivity index (χ0v) is 13.9. The van der Waals surface area contributed by atoms with Crippen LogP contribution in [0.5, 0.6) is 0 Å². The van der Waals surface area contributed by atoms with Crippen molar-refractivity contribution in [1.29, 1.82) is 0 Å². The Morgan fingerprint density at radius 3 is 2.57 bits per heavy atom. The number of methoxy groups -OCH3 is 1. The minimum Gasteiger partial charge on any atom is -0.467 e. The standard InChI is InChI=1S/C17H26N2O4/c1-10(7-11-3-4-11)14(20)18-13(16(22)23-2)8-12-9-17(5-6-17)19-15(12)21/h10-13H,3-9H2,1-2H3,(H,18,20)(H,19,21)/t10-,12?,13-/m0/s1. The normalized spacial score (nSPS) is 27.2. The van der Waals surface area contributed by atoms with Crippen LogP contribution in [-0.4, -0.2) is 36.5 Å². The molecule has 2 saturated carbocycles. The van der Waals surface area contributed by atoms with Crippen LogP contribution in [0.2, 0.25) is 0 Å². The minimum atomic E-state index is -0.737. The quantitative estimate of drug-likeness (QED) is 0.688. The number of rotatable bonds is 7. The van der Waals surface area contributed by atoms with Gasteiger partial charge in [-0.3, -0.25) is 9.59 Å². The Hall–Kier alpha value is -1.59. The molecule has 2 aliphatic carbocycles. The second kappa shape index (κ2) is 6.13. The molecule has 1 saturated heterocycles. The second-order valence-corrected chi connectivity index (χ2v) is 7.57. The van der Waals surface area contributed by atoms with Crippen LogP contribution in [0.4, 0.5) is 0 Å². The maximum absolute atomic E-state index is 12.3. The monoisotopic (exact) mass is 322 g/mol. The van der Waals surface area contributed by atoms with E-state index in [9.17, 15) is 14.4 Å². The van der Waals surface area contributed by atoms with Crippen molar-refractivity contribution in [3.63, 3.8) is 0 Å². The number of carbonyl (C=O) groups excluding carboxylic acids is 3. The first-order valence-corrected chi connectivity index (χ1v) is 8.63. The van der Waals surface area contributed by atoms with E-state index in [0.717, 1.165) is 25.7 Å². The number of nitrogens with one attached hydrogen (secondary N) is 2. The SMILES string of the molecule is COC(=O)[C@H](CC1CC2(CC2)NC1=O)NC(=O)[C@@H](C)CC1CC1. The fourth-order valence-corrected chi connectivity index (χ4v) is 3.56. The van der Waals surface area contributed by atoms with Gasteiger partial charge in [0, 0.05) is 17.4 Å². The van der Waals surface area contributed by atoms with Crippen molar-refractivity contribution in [1.82, 2.24) is 10.6 Å². The van der Waals surface area contributed by atoms with Gasteiger partial charge in [-0.25, -0.2) is 4.79 Å². The number of ether oxygens (including phenoxy) is 1. The summed E-state index contributed by atoms with van der Waals surface area (Å²) >= 11 is 0. The van der Waals surface area contributed by atoms with Crippen molar-refractivity contribution in [3.8, 4) is 0 Å². The fraction of sp³-hybridized carbons (Fsp3) is 0.824. The van der Waals surface area contributed by atoms with Crippen molar-refractivity contribution in [3.05, 3.63) is 0 Å². The molecule has 0 bridgehead atoms. The van der Waals surface area contributed by atoms with Crippen LogP contribution in [0.3, 0.4) is 0 Å². The van der Waals surface area contributed by atoms with E-state index in [1.54, 1.807) is 0 Å². The van der Waals surface area contributed by atoms with Gasteiger partial charge < -0.3 is 15.4 Å². The van der Waals surface area contributed by atoms with Crippen molar-refractivity contribution in [2.75, 3.05) is 7.11 Å². The van der Waals surface area contributed by atoms with Gasteiger partial charge in [0.1, 0.15) is 6.04 Å². The lowest BCUT2D eigenvalue weighted by Gasteiger charge is -2.21. The van der Waals surface area contributed by atoms with Crippen LogP contribution in [0.15, 0.2) is 0 Å². The lowest BCUT2D eigenvalue weighted by Crippen LogP contribution is -2.45. The van der Waals surface area contributed by atoms with E-state index in [2.05, 4.69) is 10.6 Å². The Kier molecular flexibility index (Phi) is 4.34. The second-order valence-electron chi connectivity index (χ2n) is 7.57. The molecule has 0 aromatic heterocycles. The maximum Gasteiger partial charge on any atom is 0.328 e. The Balaban J connectivity index is 1.57. The molecule has 3 atom stereocenters. The Bertz CT molecular complexity index is 511. The van der Waals surface area contributed by atoms with Gasteiger partial charge in [0.25, 0.3) is 0 Å². The molecule has 1 heterocycles. The maximum atomic E-state index is 12.3. The lowest BCUT2D eigenvalue weighted by atomic mass is 9.94. The van der Waals surface area contributed by atoms with E-state index in [-0.39, 0.29) is 29.2 Å². The molecule has 1 aliphatic heterocycles. The zero-order chi connectivity index (χ0) is 16.6. The van der Waals surface area contributed by atoms with Gasteiger partial charge in [-0.15, -0.1) is 0 Å². The molecule has 3 rings (SSSR count). The first-order chi connectivity index (χ1) is 10.9. The summed E-state index contributed by atoms with van der Waals surface area (Å²) in [5, 5.41) is 5.83. The van der Waals surface area contributed by atoms with E-state index >= 15 is 0 Å². The number of carbonyl (C=O) groups is 3. The number of esters is 1. The first kappa shape index (κ1) is 16.3. The Morgan fingerprint density at radius 2 is 2.04 bits per heavy atom. The molecule has 3 fully saturated rings. The predicted octanol–water partition coefficient (Wildman–Crippen LogP) is 1.14. The average Bonchev–Trinajstić information content (AvgIpc) is 3.42. The van der Waals surface area contributed by atoms with Crippen molar-refractivity contribution in [2.45, 2.75) is 63.5 Å². The Labute approximate surface area is 136 Å². The smallest absolute Gasteiger partial charge is 0.328 e. The summed E-state index contributed by atoms with van der Waals surface area (Å²) < 4.78 is 4.81. The van der Waals surface area contributed by atoms with Gasteiger partial charge in [0.2, 0.25) is 11.8 Å². The summed E-state index contributed by atoms with van der Waals surface area (Å²) in [4.78, 5) is 36.4. The van der Waals surface area contributed by atoms with Gasteiger partial charge in [-0.2, -0.15) is 0 Å². The van der Waals surface area contributed by atoms with Crippen LogP contribution in [0, 0.1) is 17.8 Å². The molecule has 2 amide bonds. The third-order valence-corrected chi connectivity index (χ3v) is 5.40. The van der Waals surface area contributed by atoms with Crippen molar-refractivity contribution >= 4 is 17.8 Å². The molecular weight excluding hydrogens is 296 g/mol. The van der Waals surface area contributed by atoms with Crippen molar-refractivity contribution in [2.24, 2.45) is 17.8 Å². The summed E-state index contributed by atoms with van der Waals surface area (Å²) in [6.07, 6.45) is 6.37.